The third kappa shape index (κ3) is 6.94. The monoisotopic (exact) mass is 377 g/mol. The van der Waals surface area contributed by atoms with Gasteiger partial charge in [0, 0.05) is 52.1 Å². The molecular formula is C21H32FN3O2. The number of halogens is 1. The van der Waals surface area contributed by atoms with E-state index in [9.17, 15) is 14.0 Å². The highest BCUT2D eigenvalue weighted by molar-refractivity contribution is 5.76. The summed E-state index contributed by atoms with van der Waals surface area (Å²) in [7, 11) is 0. The van der Waals surface area contributed by atoms with Gasteiger partial charge < -0.3 is 10.2 Å². The summed E-state index contributed by atoms with van der Waals surface area (Å²) >= 11 is 0. The molecule has 1 N–H and O–H groups in total. The first kappa shape index (κ1) is 21.4. The minimum atomic E-state index is -0.217. The lowest BCUT2D eigenvalue weighted by Gasteiger charge is -2.34. The van der Waals surface area contributed by atoms with E-state index in [0.717, 1.165) is 38.2 Å². The molecule has 0 aliphatic carbocycles. The molecule has 1 aromatic rings. The Hall–Kier alpha value is -1.95. The van der Waals surface area contributed by atoms with E-state index in [2.05, 4.69) is 24.1 Å². The Bertz CT molecular complexity index is 618. The molecule has 2 rings (SSSR count). The van der Waals surface area contributed by atoms with Crippen LogP contribution in [-0.2, 0) is 16.1 Å². The van der Waals surface area contributed by atoms with Crippen LogP contribution in [0.2, 0.25) is 0 Å². The van der Waals surface area contributed by atoms with Crippen molar-refractivity contribution in [1.82, 2.24) is 15.1 Å². The third-order valence-corrected chi connectivity index (χ3v) is 5.11. The van der Waals surface area contributed by atoms with E-state index in [0.29, 0.717) is 25.3 Å². The summed E-state index contributed by atoms with van der Waals surface area (Å²) in [5, 5.41) is 2.74. The van der Waals surface area contributed by atoms with E-state index in [1.165, 1.54) is 19.1 Å². The van der Waals surface area contributed by atoms with Gasteiger partial charge in [-0.3, -0.25) is 14.5 Å². The molecule has 1 heterocycles. The maximum atomic E-state index is 13.2. The lowest BCUT2D eigenvalue weighted by atomic mass is 10.0. The van der Waals surface area contributed by atoms with Gasteiger partial charge >= 0.3 is 0 Å². The second-order valence-corrected chi connectivity index (χ2v) is 7.69. The fraction of sp³-hybridized carbons (Fsp3) is 0.619. The average Bonchev–Trinajstić information content (AvgIpc) is 2.83. The molecule has 1 aromatic carbocycles. The highest BCUT2D eigenvalue weighted by Gasteiger charge is 2.29. The number of rotatable bonds is 7. The molecule has 0 radical (unpaired) electrons. The fourth-order valence-electron chi connectivity index (χ4n) is 3.60. The maximum Gasteiger partial charge on any atom is 0.222 e. The molecule has 27 heavy (non-hydrogen) atoms. The van der Waals surface area contributed by atoms with E-state index >= 15 is 0 Å². The summed E-state index contributed by atoms with van der Waals surface area (Å²) in [6.07, 6.45) is 2.06. The summed E-state index contributed by atoms with van der Waals surface area (Å²) < 4.78 is 13.2. The molecule has 0 aromatic heterocycles. The fourth-order valence-corrected chi connectivity index (χ4v) is 3.60. The molecule has 0 saturated carbocycles. The molecule has 1 unspecified atom stereocenters. The zero-order valence-corrected chi connectivity index (χ0v) is 16.7. The largest absolute Gasteiger partial charge is 0.356 e. The van der Waals surface area contributed by atoms with Crippen LogP contribution in [0.4, 0.5) is 4.39 Å². The van der Waals surface area contributed by atoms with Crippen molar-refractivity contribution >= 4 is 11.8 Å². The summed E-state index contributed by atoms with van der Waals surface area (Å²) in [6.45, 7) is 9.59. The van der Waals surface area contributed by atoms with Crippen LogP contribution < -0.4 is 5.32 Å². The Morgan fingerprint density at radius 2 is 1.93 bits per heavy atom. The van der Waals surface area contributed by atoms with Crippen LogP contribution in [0.5, 0.6) is 0 Å². The molecule has 1 aliphatic heterocycles. The quantitative estimate of drug-likeness (QED) is 0.744. The first-order chi connectivity index (χ1) is 12.9. The molecule has 1 fully saturated rings. The van der Waals surface area contributed by atoms with Gasteiger partial charge in [-0.2, -0.15) is 0 Å². The van der Waals surface area contributed by atoms with E-state index in [1.807, 2.05) is 17.0 Å². The number of hydrogen-bond donors (Lipinski definition) is 1. The molecular weight excluding hydrogens is 345 g/mol. The number of benzene rings is 1. The Labute approximate surface area is 161 Å². The predicted molar refractivity (Wildman–Crippen MR) is 105 cm³/mol. The molecule has 5 nitrogen and oxygen atoms in total. The van der Waals surface area contributed by atoms with Crippen LogP contribution in [0.15, 0.2) is 24.3 Å². The molecule has 1 atom stereocenters. The Balaban J connectivity index is 1.95. The van der Waals surface area contributed by atoms with Crippen LogP contribution in [0.3, 0.4) is 0 Å². The molecule has 0 bridgehead atoms. The number of carbonyl (C=O) groups excluding carboxylic acids is 2. The summed E-state index contributed by atoms with van der Waals surface area (Å²) in [6, 6.07) is 6.95. The minimum absolute atomic E-state index is 0.0615. The number of carbonyl (C=O) groups is 2. The van der Waals surface area contributed by atoms with Crippen LogP contribution in [0.1, 0.15) is 45.6 Å². The second kappa shape index (κ2) is 10.4. The second-order valence-electron chi connectivity index (χ2n) is 7.69. The van der Waals surface area contributed by atoms with Gasteiger partial charge in [-0.05, 0) is 36.5 Å². The summed E-state index contributed by atoms with van der Waals surface area (Å²) in [5.41, 5.74) is 1.09. The predicted octanol–water partition coefficient (Wildman–Crippen LogP) is 2.80. The van der Waals surface area contributed by atoms with Crippen molar-refractivity contribution in [3.63, 3.8) is 0 Å². The minimum Gasteiger partial charge on any atom is -0.356 e. The molecule has 1 aliphatic rings. The zero-order valence-electron chi connectivity index (χ0n) is 16.7. The highest BCUT2D eigenvalue weighted by Crippen LogP contribution is 2.20. The van der Waals surface area contributed by atoms with E-state index in [-0.39, 0.29) is 23.7 Å². The normalized spacial score (nSPS) is 18.4. The van der Waals surface area contributed by atoms with Gasteiger partial charge in [0.15, 0.2) is 0 Å². The summed E-state index contributed by atoms with van der Waals surface area (Å²) in [4.78, 5) is 27.9. The molecule has 2 amide bonds. The smallest absolute Gasteiger partial charge is 0.222 e. The first-order valence-electron chi connectivity index (χ1n) is 9.87. The standard InChI is InChI=1S/C21H32FN3O2/c1-16(2)20-15-25(21(27)6-4-11-23-17(3)26)13-5-12-24(20)14-18-7-9-19(22)10-8-18/h7-10,16,20H,4-6,11-15H2,1-3H3,(H,23,26). The van der Waals surface area contributed by atoms with Crippen molar-refractivity contribution in [2.75, 3.05) is 26.2 Å². The van der Waals surface area contributed by atoms with Gasteiger partial charge in [0.2, 0.25) is 11.8 Å². The lowest BCUT2D eigenvalue weighted by Crippen LogP contribution is -2.45. The van der Waals surface area contributed by atoms with E-state index in [4.69, 9.17) is 0 Å². The van der Waals surface area contributed by atoms with Crippen LogP contribution >= 0.6 is 0 Å². The number of amides is 2. The van der Waals surface area contributed by atoms with Crippen molar-refractivity contribution < 1.29 is 14.0 Å². The van der Waals surface area contributed by atoms with Gasteiger partial charge in [0.05, 0.1) is 0 Å². The van der Waals surface area contributed by atoms with Gasteiger partial charge in [0.25, 0.3) is 0 Å². The zero-order chi connectivity index (χ0) is 19.8. The SMILES string of the molecule is CC(=O)NCCCC(=O)N1CCCN(Cc2ccc(F)cc2)C(C(C)C)C1. The average molecular weight is 378 g/mol. The van der Waals surface area contributed by atoms with Gasteiger partial charge in [-0.1, -0.05) is 26.0 Å². The topological polar surface area (TPSA) is 52.7 Å². The first-order valence-corrected chi connectivity index (χ1v) is 9.87. The van der Waals surface area contributed by atoms with Crippen molar-refractivity contribution in [3.8, 4) is 0 Å². The van der Waals surface area contributed by atoms with Gasteiger partial charge in [0.1, 0.15) is 5.82 Å². The van der Waals surface area contributed by atoms with Crippen LogP contribution in [0.25, 0.3) is 0 Å². The number of nitrogens with zero attached hydrogens (tertiary/aromatic N) is 2. The van der Waals surface area contributed by atoms with Crippen molar-refractivity contribution in [1.29, 1.82) is 0 Å². The summed E-state index contributed by atoms with van der Waals surface area (Å²) in [5.74, 6) is 0.299. The van der Waals surface area contributed by atoms with E-state index < -0.39 is 0 Å². The lowest BCUT2D eigenvalue weighted by molar-refractivity contribution is -0.132. The van der Waals surface area contributed by atoms with E-state index in [1.54, 1.807) is 0 Å². The number of hydrogen-bond acceptors (Lipinski definition) is 3. The van der Waals surface area contributed by atoms with Gasteiger partial charge in [-0.25, -0.2) is 4.39 Å². The molecule has 150 valence electrons. The van der Waals surface area contributed by atoms with Gasteiger partial charge in [-0.15, -0.1) is 0 Å². The Kier molecular flexibility index (Phi) is 8.23. The third-order valence-electron chi connectivity index (χ3n) is 5.11. The van der Waals surface area contributed by atoms with Crippen LogP contribution in [-0.4, -0.2) is 53.8 Å². The molecule has 6 heteroatoms. The van der Waals surface area contributed by atoms with Crippen molar-refractivity contribution in [2.45, 2.75) is 52.6 Å². The Morgan fingerprint density at radius 3 is 2.56 bits per heavy atom. The van der Waals surface area contributed by atoms with Crippen molar-refractivity contribution in [3.05, 3.63) is 35.6 Å². The Morgan fingerprint density at radius 1 is 1.22 bits per heavy atom. The maximum absolute atomic E-state index is 13.2. The van der Waals surface area contributed by atoms with Crippen molar-refractivity contribution in [2.24, 2.45) is 5.92 Å². The molecule has 1 saturated heterocycles. The number of nitrogens with one attached hydrogen (secondary N) is 1. The highest BCUT2D eigenvalue weighted by atomic mass is 19.1. The molecule has 0 spiro atoms. The van der Waals surface area contributed by atoms with Crippen LogP contribution in [0, 0.1) is 11.7 Å².